The highest BCUT2D eigenvalue weighted by molar-refractivity contribution is 7.99. The van der Waals surface area contributed by atoms with E-state index >= 15 is 0 Å². The lowest BCUT2D eigenvalue weighted by molar-refractivity contribution is -0.143. The van der Waals surface area contributed by atoms with E-state index in [0.717, 1.165) is 11.4 Å². The SMILES string of the molecule is COC(=O)C(C)CSc1nnc(C)c(C)n1. The van der Waals surface area contributed by atoms with Crippen molar-refractivity contribution in [1.82, 2.24) is 15.2 Å². The number of carbonyl (C=O) groups is 1. The Morgan fingerprint density at radius 3 is 2.62 bits per heavy atom. The van der Waals surface area contributed by atoms with Crippen LogP contribution in [-0.2, 0) is 9.53 Å². The van der Waals surface area contributed by atoms with Gasteiger partial charge in [-0.05, 0) is 13.8 Å². The Morgan fingerprint density at radius 1 is 1.38 bits per heavy atom. The Kier molecular flexibility index (Phi) is 4.67. The molecular formula is C10H15N3O2S. The smallest absolute Gasteiger partial charge is 0.309 e. The van der Waals surface area contributed by atoms with Crippen LogP contribution in [0, 0.1) is 19.8 Å². The summed E-state index contributed by atoms with van der Waals surface area (Å²) < 4.78 is 4.63. The number of aromatic nitrogens is 3. The molecule has 0 bridgehead atoms. The highest BCUT2D eigenvalue weighted by Crippen LogP contribution is 2.17. The molecule has 1 aromatic heterocycles. The number of nitrogens with zero attached hydrogens (tertiary/aromatic N) is 3. The summed E-state index contributed by atoms with van der Waals surface area (Å²) in [5, 5.41) is 8.51. The minimum atomic E-state index is -0.218. The van der Waals surface area contributed by atoms with Gasteiger partial charge in [-0.25, -0.2) is 4.98 Å². The molecule has 0 spiro atoms. The Morgan fingerprint density at radius 2 is 2.06 bits per heavy atom. The van der Waals surface area contributed by atoms with Crippen molar-refractivity contribution >= 4 is 17.7 Å². The summed E-state index contributed by atoms with van der Waals surface area (Å²) in [7, 11) is 1.39. The van der Waals surface area contributed by atoms with E-state index in [0.29, 0.717) is 10.9 Å². The summed E-state index contributed by atoms with van der Waals surface area (Å²) in [5.41, 5.74) is 1.69. The molecule has 1 atom stereocenters. The Balaban J connectivity index is 2.55. The van der Waals surface area contributed by atoms with Crippen LogP contribution in [0.15, 0.2) is 5.16 Å². The summed E-state index contributed by atoms with van der Waals surface area (Å²) in [6.07, 6.45) is 0. The third-order valence-corrected chi connectivity index (χ3v) is 3.24. The fraction of sp³-hybridized carbons (Fsp3) is 0.600. The van der Waals surface area contributed by atoms with Crippen molar-refractivity contribution in [3.05, 3.63) is 11.4 Å². The van der Waals surface area contributed by atoms with E-state index in [1.165, 1.54) is 18.9 Å². The van der Waals surface area contributed by atoms with Crippen LogP contribution in [0.25, 0.3) is 0 Å². The molecule has 0 aliphatic rings. The monoisotopic (exact) mass is 241 g/mol. The van der Waals surface area contributed by atoms with Gasteiger partial charge in [0.05, 0.1) is 24.4 Å². The average Bonchev–Trinajstić information content (AvgIpc) is 2.29. The van der Waals surface area contributed by atoms with Crippen molar-refractivity contribution < 1.29 is 9.53 Å². The van der Waals surface area contributed by atoms with Gasteiger partial charge in [0.25, 0.3) is 0 Å². The topological polar surface area (TPSA) is 65.0 Å². The first-order valence-electron chi connectivity index (χ1n) is 4.93. The molecule has 0 saturated heterocycles. The van der Waals surface area contributed by atoms with Crippen LogP contribution in [-0.4, -0.2) is 34.0 Å². The summed E-state index contributed by atoms with van der Waals surface area (Å²) >= 11 is 1.41. The van der Waals surface area contributed by atoms with E-state index < -0.39 is 0 Å². The first kappa shape index (κ1) is 12.9. The molecule has 6 heteroatoms. The summed E-state index contributed by atoms with van der Waals surface area (Å²) in [6.45, 7) is 5.56. The van der Waals surface area contributed by atoms with Gasteiger partial charge in [-0.3, -0.25) is 4.79 Å². The van der Waals surface area contributed by atoms with Gasteiger partial charge in [-0.15, -0.1) is 5.10 Å². The third kappa shape index (κ3) is 3.44. The number of aryl methyl sites for hydroxylation is 2. The maximum atomic E-state index is 11.2. The number of thioether (sulfide) groups is 1. The molecule has 88 valence electrons. The summed E-state index contributed by atoms with van der Waals surface area (Å²) in [5.74, 6) is 0.209. The molecule has 0 fully saturated rings. The molecule has 0 aliphatic carbocycles. The zero-order chi connectivity index (χ0) is 12.1. The second-order valence-electron chi connectivity index (χ2n) is 3.50. The number of carbonyl (C=O) groups excluding carboxylic acids is 1. The molecule has 0 saturated carbocycles. The van der Waals surface area contributed by atoms with E-state index in [9.17, 15) is 4.79 Å². The number of rotatable bonds is 4. The quantitative estimate of drug-likeness (QED) is 0.586. The van der Waals surface area contributed by atoms with Gasteiger partial charge in [-0.1, -0.05) is 18.7 Å². The molecule has 1 aromatic rings. The second kappa shape index (κ2) is 5.79. The van der Waals surface area contributed by atoms with Crippen LogP contribution >= 0.6 is 11.8 Å². The van der Waals surface area contributed by atoms with Gasteiger partial charge in [-0.2, -0.15) is 5.10 Å². The largest absolute Gasteiger partial charge is 0.469 e. The van der Waals surface area contributed by atoms with Crippen LogP contribution in [0.5, 0.6) is 0 Å². The van der Waals surface area contributed by atoms with Crippen LogP contribution in [0.3, 0.4) is 0 Å². The molecule has 5 nitrogen and oxygen atoms in total. The fourth-order valence-electron chi connectivity index (χ4n) is 0.967. The molecule has 0 radical (unpaired) electrons. The minimum Gasteiger partial charge on any atom is -0.469 e. The average molecular weight is 241 g/mol. The lowest BCUT2D eigenvalue weighted by Gasteiger charge is -2.07. The number of methoxy groups -OCH3 is 1. The molecular weight excluding hydrogens is 226 g/mol. The Labute approximate surface area is 99.0 Å². The first-order chi connectivity index (χ1) is 7.54. The highest BCUT2D eigenvalue weighted by atomic mass is 32.2. The number of hydrogen-bond donors (Lipinski definition) is 0. The van der Waals surface area contributed by atoms with Crippen LogP contribution in [0.4, 0.5) is 0 Å². The molecule has 0 aliphatic heterocycles. The second-order valence-corrected chi connectivity index (χ2v) is 4.49. The van der Waals surface area contributed by atoms with E-state index in [2.05, 4.69) is 19.9 Å². The minimum absolute atomic E-state index is 0.166. The van der Waals surface area contributed by atoms with Crippen LogP contribution < -0.4 is 0 Å². The van der Waals surface area contributed by atoms with Gasteiger partial charge in [0, 0.05) is 5.75 Å². The van der Waals surface area contributed by atoms with Crippen molar-refractivity contribution in [2.45, 2.75) is 25.9 Å². The van der Waals surface area contributed by atoms with E-state index in [1.54, 1.807) is 0 Å². The standard InChI is InChI=1S/C10H15N3O2S/c1-6(9(14)15-4)5-16-10-11-7(2)8(3)12-13-10/h6H,5H2,1-4H3. The van der Waals surface area contributed by atoms with Gasteiger partial charge >= 0.3 is 5.97 Å². The maximum Gasteiger partial charge on any atom is 0.309 e. The summed E-state index contributed by atoms with van der Waals surface area (Å²) in [4.78, 5) is 15.4. The molecule has 0 N–H and O–H groups in total. The lowest BCUT2D eigenvalue weighted by atomic mass is 10.2. The normalized spacial score (nSPS) is 12.2. The maximum absolute atomic E-state index is 11.2. The van der Waals surface area contributed by atoms with Gasteiger partial charge < -0.3 is 4.74 Å². The van der Waals surface area contributed by atoms with Crippen LogP contribution in [0.1, 0.15) is 18.3 Å². The molecule has 1 rings (SSSR count). The van der Waals surface area contributed by atoms with E-state index in [4.69, 9.17) is 0 Å². The highest BCUT2D eigenvalue weighted by Gasteiger charge is 2.14. The molecule has 0 aromatic carbocycles. The van der Waals surface area contributed by atoms with E-state index in [-0.39, 0.29) is 11.9 Å². The van der Waals surface area contributed by atoms with Crippen molar-refractivity contribution in [3.63, 3.8) is 0 Å². The molecule has 1 heterocycles. The number of ether oxygens (including phenoxy) is 1. The predicted molar refractivity (Wildman–Crippen MR) is 61.2 cm³/mol. The van der Waals surface area contributed by atoms with Gasteiger partial charge in [0.1, 0.15) is 0 Å². The van der Waals surface area contributed by atoms with Crippen molar-refractivity contribution in [1.29, 1.82) is 0 Å². The van der Waals surface area contributed by atoms with Crippen LogP contribution in [0.2, 0.25) is 0 Å². The number of esters is 1. The zero-order valence-corrected chi connectivity index (χ0v) is 10.7. The molecule has 1 unspecified atom stereocenters. The molecule has 0 amide bonds. The Hall–Kier alpha value is -1.17. The molecule has 16 heavy (non-hydrogen) atoms. The van der Waals surface area contributed by atoms with Crippen molar-refractivity contribution in [2.24, 2.45) is 5.92 Å². The van der Waals surface area contributed by atoms with Gasteiger partial charge in [0.2, 0.25) is 5.16 Å². The van der Waals surface area contributed by atoms with E-state index in [1.807, 2.05) is 20.8 Å². The van der Waals surface area contributed by atoms with Crippen molar-refractivity contribution in [2.75, 3.05) is 12.9 Å². The van der Waals surface area contributed by atoms with Crippen molar-refractivity contribution in [3.8, 4) is 0 Å². The number of hydrogen-bond acceptors (Lipinski definition) is 6. The van der Waals surface area contributed by atoms with Gasteiger partial charge in [0.15, 0.2) is 0 Å². The summed E-state index contributed by atoms with van der Waals surface area (Å²) in [6, 6.07) is 0. The Bertz CT molecular complexity index is 384. The predicted octanol–water partition coefficient (Wildman–Crippen LogP) is 1.39. The lowest BCUT2D eigenvalue weighted by Crippen LogP contribution is -2.15. The zero-order valence-electron chi connectivity index (χ0n) is 9.85. The fourth-order valence-corrected chi connectivity index (χ4v) is 1.80. The third-order valence-electron chi connectivity index (χ3n) is 2.14. The first-order valence-corrected chi connectivity index (χ1v) is 5.91.